The van der Waals surface area contributed by atoms with Crippen LogP contribution < -0.4 is 5.32 Å². The molecule has 4 heterocycles. The number of nitrogens with one attached hydrogen (secondary N) is 1. The highest BCUT2D eigenvalue weighted by atomic mass is 32.1. The fourth-order valence-electron chi connectivity index (χ4n) is 4.00. The molecule has 1 N–H and O–H groups in total. The van der Waals surface area contributed by atoms with Crippen LogP contribution in [0.5, 0.6) is 0 Å². The first-order valence-corrected chi connectivity index (χ1v) is 12.5. The zero-order valence-electron chi connectivity index (χ0n) is 16.7. The normalized spacial score (nSPS) is 14.2. The third-order valence-corrected chi connectivity index (χ3v) is 8.55. The molecule has 6 rings (SSSR count). The van der Waals surface area contributed by atoms with E-state index in [1.165, 1.54) is 15.1 Å². The number of carbonyl (C=O) groups is 1. The van der Waals surface area contributed by atoms with E-state index in [4.69, 9.17) is 4.98 Å². The molecule has 2 aromatic carbocycles. The Morgan fingerprint density at radius 3 is 2.90 bits per heavy atom. The van der Waals surface area contributed by atoms with Gasteiger partial charge in [0.25, 0.3) is 5.91 Å². The van der Waals surface area contributed by atoms with Crippen molar-refractivity contribution in [2.24, 2.45) is 0 Å². The molecule has 3 aromatic heterocycles. The standard InChI is InChI=1S/C23H18N4OS3/c1-27-9-8-14-19(11-27)31-23(20(14)22-25-16-4-2-3-5-17(16)30-22)26-21(28)13-6-7-15-18(10-13)29-12-24-15/h2-7,10,12H,8-9,11H2,1H3,(H,26,28). The molecule has 0 atom stereocenters. The first kappa shape index (κ1) is 19.1. The maximum atomic E-state index is 13.2. The lowest BCUT2D eigenvalue weighted by Crippen LogP contribution is -2.25. The number of aromatic nitrogens is 2. The van der Waals surface area contributed by atoms with Crippen molar-refractivity contribution < 1.29 is 4.79 Å². The first-order chi connectivity index (χ1) is 15.2. The number of anilines is 1. The number of thiazole rings is 2. The second-order valence-electron chi connectivity index (χ2n) is 7.67. The highest BCUT2D eigenvalue weighted by Gasteiger charge is 2.27. The molecular weight excluding hydrogens is 444 g/mol. The van der Waals surface area contributed by atoms with Gasteiger partial charge in [-0.15, -0.1) is 34.0 Å². The molecule has 5 nitrogen and oxygen atoms in total. The van der Waals surface area contributed by atoms with Gasteiger partial charge in [-0.3, -0.25) is 4.79 Å². The van der Waals surface area contributed by atoms with E-state index in [0.29, 0.717) is 5.56 Å². The monoisotopic (exact) mass is 462 g/mol. The molecule has 1 aliphatic rings. The summed E-state index contributed by atoms with van der Waals surface area (Å²) < 4.78 is 2.18. The Morgan fingerprint density at radius 2 is 2.00 bits per heavy atom. The molecule has 1 aliphatic heterocycles. The third-order valence-electron chi connectivity index (χ3n) is 5.58. The molecule has 0 spiro atoms. The summed E-state index contributed by atoms with van der Waals surface area (Å²) in [4.78, 5) is 26.0. The van der Waals surface area contributed by atoms with Gasteiger partial charge in [-0.1, -0.05) is 12.1 Å². The predicted octanol–water partition coefficient (Wildman–Crippen LogP) is 5.87. The molecule has 5 aromatic rings. The Morgan fingerprint density at radius 1 is 1.10 bits per heavy atom. The minimum absolute atomic E-state index is 0.0930. The maximum absolute atomic E-state index is 13.2. The predicted molar refractivity (Wildman–Crippen MR) is 131 cm³/mol. The third kappa shape index (κ3) is 3.36. The molecule has 8 heteroatoms. The van der Waals surface area contributed by atoms with Crippen molar-refractivity contribution in [1.82, 2.24) is 14.9 Å². The van der Waals surface area contributed by atoms with Crippen molar-refractivity contribution in [3.8, 4) is 10.6 Å². The van der Waals surface area contributed by atoms with E-state index in [2.05, 4.69) is 28.3 Å². The lowest BCUT2D eigenvalue weighted by molar-refractivity contribution is 0.102. The largest absolute Gasteiger partial charge is 0.313 e. The number of rotatable bonds is 3. The Kier molecular flexibility index (Phi) is 4.61. The van der Waals surface area contributed by atoms with Crippen molar-refractivity contribution in [3.63, 3.8) is 0 Å². The van der Waals surface area contributed by atoms with Crippen molar-refractivity contribution in [2.45, 2.75) is 13.0 Å². The second kappa shape index (κ2) is 7.49. The lowest BCUT2D eigenvalue weighted by Gasteiger charge is -2.22. The summed E-state index contributed by atoms with van der Waals surface area (Å²) in [5.74, 6) is -0.0930. The summed E-state index contributed by atoms with van der Waals surface area (Å²) in [5, 5.41) is 5.09. The molecule has 1 amide bonds. The van der Waals surface area contributed by atoms with Gasteiger partial charge in [-0.2, -0.15) is 0 Å². The number of fused-ring (bicyclic) bond motifs is 3. The Hall–Kier alpha value is -2.65. The van der Waals surface area contributed by atoms with Gasteiger partial charge in [0.05, 0.1) is 25.9 Å². The fourth-order valence-corrected chi connectivity index (χ4v) is 7.15. The number of likely N-dealkylation sites (N-methyl/N-ethyl adjacent to an activating group) is 1. The van der Waals surface area contributed by atoms with Crippen LogP contribution in [0.3, 0.4) is 0 Å². The van der Waals surface area contributed by atoms with E-state index in [-0.39, 0.29) is 5.91 Å². The number of thiophene rings is 1. The SMILES string of the molecule is CN1CCc2c(sc(NC(=O)c3ccc4ncsc4c3)c2-c2nc3ccccc3s2)C1. The zero-order chi connectivity index (χ0) is 20.9. The van der Waals surface area contributed by atoms with Gasteiger partial charge in [-0.25, -0.2) is 9.97 Å². The summed E-state index contributed by atoms with van der Waals surface area (Å²) in [6.45, 7) is 1.91. The number of carbonyl (C=O) groups excluding carboxylic acids is 1. The summed E-state index contributed by atoms with van der Waals surface area (Å²) in [6, 6.07) is 13.9. The molecule has 154 valence electrons. The first-order valence-electron chi connectivity index (χ1n) is 9.99. The molecule has 31 heavy (non-hydrogen) atoms. The van der Waals surface area contributed by atoms with E-state index in [0.717, 1.165) is 50.8 Å². The van der Waals surface area contributed by atoms with Crippen molar-refractivity contribution in [2.75, 3.05) is 18.9 Å². The fraction of sp³-hybridized carbons (Fsp3) is 0.174. The van der Waals surface area contributed by atoms with Crippen LogP contribution in [0.4, 0.5) is 5.00 Å². The molecule has 0 bridgehead atoms. The molecule has 0 saturated heterocycles. The Balaban J connectivity index is 1.43. The number of para-hydroxylation sites is 1. The van der Waals surface area contributed by atoms with Gasteiger partial charge in [0, 0.05) is 29.1 Å². The average Bonchev–Trinajstić information content (AvgIpc) is 3.48. The highest BCUT2D eigenvalue weighted by molar-refractivity contribution is 7.23. The van der Waals surface area contributed by atoms with Crippen LogP contribution >= 0.6 is 34.0 Å². The lowest BCUT2D eigenvalue weighted by atomic mass is 10.0. The van der Waals surface area contributed by atoms with E-state index < -0.39 is 0 Å². The number of benzene rings is 2. The van der Waals surface area contributed by atoms with E-state index in [1.807, 2.05) is 36.4 Å². The van der Waals surface area contributed by atoms with Gasteiger partial charge in [0.2, 0.25) is 0 Å². The summed E-state index contributed by atoms with van der Waals surface area (Å²) in [7, 11) is 2.14. The highest BCUT2D eigenvalue weighted by Crippen LogP contribution is 2.45. The van der Waals surface area contributed by atoms with Gasteiger partial charge >= 0.3 is 0 Å². The maximum Gasteiger partial charge on any atom is 0.256 e. The van der Waals surface area contributed by atoms with Crippen LogP contribution in [0.2, 0.25) is 0 Å². The zero-order valence-corrected chi connectivity index (χ0v) is 19.2. The van der Waals surface area contributed by atoms with E-state index in [1.54, 1.807) is 39.5 Å². The topological polar surface area (TPSA) is 58.1 Å². The smallest absolute Gasteiger partial charge is 0.256 e. The van der Waals surface area contributed by atoms with Crippen molar-refractivity contribution in [3.05, 3.63) is 64.0 Å². The van der Waals surface area contributed by atoms with Crippen LogP contribution in [0, 0.1) is 0 Å². The minimum Gasteiger partial charge on any atom is -0.313 e. The summed E-state index contributed by atoms with van der Waals surface area (Å²) >= 11 is 4.92. The molecule has 0 fully saturated rings. The van der Waals surface area contributed by atoms with E-state index >= 15 is 0 Å². The molecular formula is C23H18N4OS3. The quantitative estimate of drug-likeness (QED) is 0.364. The van der Waals surface area contributed by atoms with Crippen molar-refractivity contribution >= 4 is 65.4 Å². The van der Waals surface area contributed by atoms with Crippen LogP contribution in [0.25, 0.3) is 31.0 Å². The molecule has 0 aliphatic carbocycles. The Labute approximate surface area is 191 Å². The number of nitrogens with zero attached hydrogens (tertiary/aromatic N) is 3. The summed E-state index contributed by atoms with van der Waals surface area (Å²) in [5.41, 5.74) is 6.81. The minimum atomic E-state index is -0.0930. The average molecular weight is 463 g/mol. The van der Waals surface area contributed by atoms with Gasteiger partial charge in [-0.05, 0) is 49.4 Å². The summed E-state index contributed by atoms with van der Waals surface area (Å²) in [6.07, 6.45) is 0.969. The van der Waals surface area contributed by atoms with Crippen LogP contribution in [0.15, 0.2) is 48.0 Å². The van der Waals surface area contributed by atoms with Gasteiger partial charge in [0.15, 0.2) is 0 Å². The number of hydrogen-bond acceptors (Lipinski definition) is 7. The molecule has 0 radical (unpaired) electrons. The van der Waals surface area contributed by atoms with Crippen LogP contribution in [-0.2, 0) is 13.0 Å². The van der Waals surface area contributed by atoms with Crippen LogP contribution in [0.1, 0.15) is 20.8 Å². The van der Waals surface area contributed by atoms with Crippen molar-refractivity contribution in [1.29, 1.82) is 0 Å². The number of hydrogen-bond donors (Lipinski definition) is 1. The molecule has 0 saturated carbocycles. The van der Waals surface area contributed by atoms with Crippen LogP contribution in [-0.4, -0.2) is 34.4 Å². The number of amides is 1. The van der Waals surface area contributed by atoms with Gasteiger partial charge in [0.1, 0.15) is 10.0 Å². The molecule has 0 unspecified atom stereocenters. The second-order valence-corrected chi connectivity index (χ2v) is 10.7. The van der Waals surface area contributed by atoms with E-state index in [9.17, 15) is 4.79 Å². The van der Waals surface area contributed by atoms with Gasteiger partial charge < -0.3 is 10.2 Å². The Bertz CT molecular complexity index is 1410.